The second-order valence-electron chi connectivity index (χ2n) is 7.43. The van der Waals surface area contributed by atoms with E-state index in [1.165, 1.54) is 16.0 Å². The summed E-state index contributed by atoms with van der Waals surface area (Å²) in [4.78, 5) is 31.7. The zero-order valence-electron chi connectivity index (χ0n) is 18.0. The normalized spacial score (nSPS) is 11.0. The molecule has 8 heteroatoms. The number of nitrogens with one attached hydrogen (secondary N) is 1. The molecule has 2 aromatic carbocycles. The number of rotatable bonds is 5. The van der Waals surface area contributed by atoms with Crippen LogP contribution in [0.4, 0.5) is 5.69 Å². The van der Waals surface area contributed by atoms with Gasteiger partial charge in [0, 0.05) is 12.6 Å². The lowest BCUT2D eigenvalue weighted by Crippen LogP contribution is -2.22. The van der Waals surface area contributed by atoms with Crippen LogP contribution in [-0.2, 0) is 7.05 Å². The third-order valence-electron chi connectivity index (χ3n) is 5.41. The third-order valence-corrected chi connectivity index (χ3v) is 6.47. The Hall–Kier alpha value is -4.17. The molecule has 0 saturated carbocycles. The number of para-hydroxylation sites is 1. The van der Waals surface area contributed by atoms with Crippen LogP contribution < -0.4 is 10.9 Å². The Labute approximate surface area is 193 Å². The zero-order chi connectivity index (χ0) is 22.9. The SMILES string of the molecule is Cc1c(NC(=O)c2sc(-c3ccco3)nc2-c2ccccc2)c(=O)n(-c2ccccc2)n1C. The van der Waals surface area contributed by atoms with Crippen LogP contribution in [0.1, 0.15) is 15.4 Å². The molecule has 3 aromatic heterocycles. The molecule has 5 rings (SSSR count). The van der Waals surface area contributed by atoms with Crippen molar-refractivity contribution in [1.29, 1.82) is 0 Å². The molecule has 5 aromatic rings. The molecule has 33 heavy (non-hydrogen) atoms. The van der Waals surface area contributed by atoms with E-state index in [1.807, 2.05) is 60.7 Å². The van der Waals surface area contributed by atoms with Gasteiger partial charge in [0.15, 0.2) is 10.8 Å². The minimum atomic E-state index is -0.393. The quantitative estimate of drug-likeness (QED) is 0.398. The van der Waals surface area contributed by atoms with Gasteiger partial charge in [-0.15, -0.1) is 11.3 Å². The number of nitrogens with zero attached hydrogens (tertiary/aromatic N) is 3. The first-order valence-electron chi connectivity index (χ1n) is 10.3. The molecule has 0 aliphatic rings. The molecule has 0 aliphatic heterocycles. The molecular weight excluding hydrogens is 436 g/mol. The van der Waals surface area contributed by atoms with Crippen molar-refractivity contribution in [2.75, 3.05) is 5.32 Å². The number of benzene rings is 2. The first-order chi connectivity index (χ1) is 16.0. The highest BCUT2D eigenvalue weighted by Crippen LogP contribution is 2.34. The van der Waals surface area contributed by atoms with E-state index in [0.717, 1.165) is 11.3 Å². The number of amides is 1. The lowest BCUT2D eigenvalue weighted by molar-refractivity contribution is 0.103. The third kappa shape index (κ3) is 3.70. The van der Waals surface area contributed by atoms with E-state index in [2.05, 4.69) is 10.3 Å². The topological polar surface area (TPSA) is 82.1 Å². The molecule has 0 spiro atoms. The Morgan fingerprint density at radius 2 is 1.70 bits per heavy atom. The van der Waals surface area contributed by atoms with Gasteiger partial charge in [-0.3, -0.25) is 14.3 Å². The first kappa shape index (κ1) is 20.7. The summed E-state index contributed by atoms with van der Waals surface area (Å²) in [6, 6.07) is 22.4. The van der Waals surface area contributed by atoms with Crippen molar-refractivity contribution in [1.82, 2.24) is 14.3 Å². The van der Waals surface area contributed by atoms with E-state index < -0.39 is 5.91 Å². The molecule has 0 aliphatic carbocycles. The summed E-state index contributed by atoms with van der Waals surface area (Å²) in [6.45, 7) is 1.80. The summed E-state index contributed by atoms with van der Waals surface area (Å²) in [5.74, 6) is 0.189. The van der Waals surface area contributed by atoms with Gasteiger partial charge in [-0.25, -0.2) is 9.67 Å². The van der Waals surface area contributed by atoms with Crippen LogP contribution in [0, 0.1) is 6.92 Å². The summed E-state index contributed by atoms with van der Waals surface area (Å²) in [7, 11) is 1.79. The Kier molecular flexibility index (Phi) is 5.27. The standard InChI is InChI=1S/C25H20N4O3S/c1-16-20(25(31)29(28(16)2)18-12-7-4-8-13-18)26-23(30)22-21(17-10-5-3-6-11-17)27-24(33-22)19-14-9-15-32-19/h3-15H,1-2H3,(H,26,30). The van der Waals surface area contributed by atoms with Gasteiger partial charge in [0.1, 0.15) is 10.6 Å². The molecule has 3 heterocycles. The van der Waals surface area contributed by atoms with Gasteiger partial charge in [-0.2, -0.15) is 0 Å². The summed E-state index contributed by atoms with van der Waals surface area (Å²) >= 11 is 1.23. The van der Waals surface area contributed by atoms with Crippen molar-refractivity contribution >= 4 is 22.9 Å². The van der Waals surface area contributed by atoms with Gasteiger partial charge in [0.25, 0.3) is 11.5 Å². The minimum absolute atomic E-state index is 0.235. The van der Waals surface area contributed by atoms with E-state index in [0.29, 0.717) is 27.0 Å². The lowest BCUT2D eigenvalue weighted by Gasteiger charge is -2.07. The maximum absolute atomic E-state index is 13.4. The fourth-order valence-corrected chi connectivity index (χ4v) is 4.60. The summed E-state index contributed by atoms with van der Waals surface area (Å²) in [6.07, 6.45) is 1.57. The average molecular weight is 457 g/mol. The molecule has 0 radical (unpaired) electrons. The van der Waals surface area contributed by atoms with Gasteiger partial charge in [-0.1, -0.05) is 48.5 Å². The lowest BCUT2D eigenvalue weighted by atomic mass is 10.1. The van der Waals surface area contributed by atoms with Gasteiger partial charge < -0.3 is 9.73 Å². The van der Waals surface area contributed by atoms with E-state index in [9.17, 15) is 9.59 Å². The highest BCUT2D eigenvalue weighted by Gasteiger charge is 2.24. The van der Waals surface area contributed by atoms with Crippen LogP contribution in [0.15, 0.2) is 88.3 Å². The number of furan rings is 1. The minimum Gasteiger partial charge on any atom is -0.462 e. The monoisotopic (exact) mass is 456 g/mol. The van der Waals surface area contributed by atoms with Crippen molar-refractivity contribution in [3.05, 3.63) is 100.0 Å². The second-order valence-corrected chi connectivity index (χ2v) is 8.43. The predicted molar refractivity (Wildman–Crippen MR) is 129 cm³/mol. The van der Waals surface area contributed by atoms with Crippen molar-refractivity contribution in [3.63, 3.8) is 0 Å². The van der Waals surface area contributed by atoms with Crippen molar-refractivity contribution in [2.45, 2.75) is 6.92 Å². The van der Waals surface area contributed by atoms with Crippen LogP contribution in [0.25, 0.3) is 27.7 Å². The van der Waals surface area contributed by atoms with Crippen LogP contribution >= 0.6 is 11.3 Å². The predicted octanol–water partition coefficient (Wildman–Crippen LogP) is 5.12. The molecule has 0 saturated heterocycles. The fourth-order valence-electron chi connectivity index (χ4n) is 3.65. The molecular formula is C25H20N4O3S. The van der Waals surface area contributed by atoms with E-state index in [4.69, 9.17) is 4.42 Å². The van der Waals surface area contributed by atoms with E-state index in [1.54, 1.807) is 37.0 Å². The molecule has 0 unspecified atom stereocenters. The Morgan fingerprint density at radius 3 is 2.36 bits per heavy atom. The maximum atomic E-state index is 13.4. The van der Waals surface area contributed by atoms with Gasteiger partial charge in [-0.05, 0) is 31.2 Å². The first-order valence-corrected chi connectivity index (χ1v) is 11.1. The number of hydrogen-bond acceptors (Lipinski definition) is 5. The summed E-state index contributed by atoms with van der Waals surface area (Å²) < 4.78 is 8.75. The Balaban J connectivity index is 1.57. The van der Waals surface area contributed by atoms with Gasteiger partial charge >= 0.3 is 0 Å². The highest BCUT2D eigenvalue weighted by atomic mass is 32.1. The molecule has 7 nitrogen and oxygen atoms in total. The molecule has 0 bridgehead atoms. The van der Waals surface area contributed by atoms with Crippen LogP contribution in [0.5, 0.6) is 0 Å². The Morgan fingerprint density at radius 1 is 1.00 bits per heavy atom. The maximum Gasteiger partial charge on any atom is 0.295 e. The number of anilines is 1. The average Bonchev–Trinajstić information content (AvgIpc) is 3.57. The molecule has 0 fully saturated rings. The molecule has 1 N–H and O–H groups in total. The number of carbonyl (C=O) groups is 1. The number of aromatic nitrogens is 3. The highest BCUT2D eigenvalue weighted by molar-refractivity contribution is 7.17. The summed E-state index contributed by atoms with van der Waals surface area (Å²) in [5, 5.41) is 3.43. The Bertz CT molecular complexity index is 1480. The van der Waals surface area contributed by atoms with E-state index in [-0.39, 0.29) is 11.2 Å². The van der Waals surface area contributed by atoms with E-state index >= 15 is 0 Å². The molecule has 164 valence electrons. The van der Waals surface area contributed by atoms with Crippen molar-refractivity contribution in [3.8, 4) is 27.7 Å². The van der Waals surface area contributed by atoms with Crippen molar-refractivity contribution in [2.24, 2.45) is 7.05 Å². The number of hydrogen-bond donors (Lipinski definition) is 1. The number of thiazole rings is 1. The largest absolute Gasteiger partial charge is 0.462 e. The summed E-state index contributed by atoms with van der Waals surface area (Å²) in [5.41, 5.74) is 2.65. The molecule has 0 atom stereocenters. The van der Waals surface area contributed by atoms with Crippen LogP contribution in [-0.4, -0.2) is 20.3 Å². The number of carbonyl (C=O) groups excluding carboxylic acids is 1. The van der Waals surface area contributed by atoms with Gasteiger partial charge in [0.2, 0.25) is 0 Å². The second kappa shape index (κ2) is 8.40. The zero-order valence-corrected chi connectivity index (χ0v) is 18.8. The van der Waals surface area contributed by atoms with Crippen LogP contribution in [0.2, 0.25) is 0 Å². The van der Waals surface area contributed by atoms with Crippen LogP contribution in [0.3, 0.4) is 0 Å². The fraction of sp³-hybridized carbons (Fsp3) is 0.0800. The molecule has 1 amide bonds. The smallest absolute Gasteiger partial charge is 0.295 e. The van der Waals surface area contributed by atoms with Crippen molar-refractivity contribution < 1.29 is 9.21 Å². The van der Waals surface area contributed by atoms with Gasteiger partial charge in [0.05, 0.1) is 23.3 Å².